The van der Waals surface area contributed by atoms with Crippen molar-refractivity contribution in [3.8, 4) is 45.0 Å². The smallest absolute Gasteiger partial charge is 0.329 e. The zero-order chi connectivity index (χ0) is 49.4. The van der Waals surface area contributed by atoms with Crippen molar-refractivity contribution in [1.29, 1.82) is 0 Å². The third kappa shape index (κ3) is 9.37. The van der Waals surface area contributed by atoms with Crippen LogP contribution in [0.4, 0.5) is 57.4 Å². The molecule has 2 saturated heterocycles. The summed E-state index contributed by atoms with van der Waals surface area (Å²) in [5, 5.41) is 10.0. The first kappa shape index (κ1) is 47.3. The first-order valence-corrected chi connectivity index (χ1v) is 22.8. The third-order valence-electron chi connectivity index (χ3n) is 11.5. The second-order valence-corrected chi connectivity index (χ2v) is 17.0. The molecule has 0 radical (unpaired) electrons. The summed E-state index contributed by atoms with van der Waals surface area (Å²) in [7, 11) is 0. The van der Waals surface area contributed by atoms with Gasteiger partial charge in [-0.05, 0) is 97.8 Å². The maximum atomic E-state index is 15.0. The number of hydrogen-bond donors (Lipinski definition) is 2. The number of urea groups is 2. The largest absolute Gasteiger partial charge is 0.368 e. The number of benzene rings is 4. The summed E-state index contributed by atoms with van der Waals surface area (Å²) in [6.45, 7) is 6.34. The predicted octanol–water partition coefficient (Wildman–Crippen LogP) is 10.5. The Bertz CT molecular complexity index is 3320. The maximum absolute atomic E-state index is 15.0. The lowest BCUT2D eigenvalue weighted by atomic mass is 10.0. The topological polar surface area (TPSA) is 186 Å². The molecule has 22 heteroatoms. The molecule has 4 N–H and O–H groups in total. The number of nitrogens with two attached hydrogens (primary N) is 2. The number of nitrogens with zero attached hydrogens (tertiary/aromatic N) is 12. The standard InChI is InChI=1S/C24H20Cl2FN7O.C24H20ClF2N7O/c1-2-32-13-16(22(31-32)20-7-8-29-23(28)30-20)14-3-6-19(27)21(11-14)34-10-9-33(24(34)35)15-4-5-17(25)18(26)12-15;1-2-32-13-16(22(31-32)19-7-8-29-23(28)30-19)14-3-5-18(27)21(11-14)34-10-9-33(24(34)35)20-6-4-15(26)12-17(20)25/h2*3-8,11-13H,2,9-10H2,1H3,(H2,28,29,30). The van der Waals surface area contributed by atoms with Gasteiger partial charge < -0.3 is 11.5 Å². The molecule has 0 atom stereocenters. The number of carbonyl (C=O) groups is 2. The van der Waals surface area contributed by atoms with Crippen LogP contribution in [-0.4, -0.2) is 77.7 Å². The van der Waals surface area contributed by atoms with E-state index in [0.29, 0.717) is 87.1 Å². The van der Waals surface area contributed by atoms with E-state index >= 15 is 0 Å². The van der Waals surface area contributed by atoms with E-state index in [0.717, 1.165) is 11.6 Å². The fourth-order valence-electron chi connectivity index (χ4n) is 8.09. The summed E-state index contributed by atoms with van der Waals surface area (Å²) in [6, 6.07) is 20.6. The van der Waals surface area contributed by atoms with E-state index in [1.807, 2.05) is 26.2 Å². The normalized spacial score (nSPS) is 13.7. The Kier molecular flexibility index (Phi) is 13.3. The van der Waals surface area contributed by atoms with Gasteiger partial charge in [0.15, 0.2) is 0 Å². The highest BCUT2D eigenvalue weighted by atomic mass is 35.5. The van der Waals surface area contributed by atoms with E-state index in [1.165, 1.54) is 39.0 Å². The van der Waals surface area contributed by atoms with Crippen LogP contribution in [0.5, 0.6) is 0 Å². The molecule has 0 saturated carbocycles. The number of rotatable bonds is 10. The Morgan fingerprint density at radius 1 is 0.543 bits per heavy atom. The predicted molar refractivity (Wildman–Crippen MR) is 266 cm³/mol. The van der Waals surface area contributed by atoms with Gasteiger partial charge in [-0.3, -0.25) is 29.0 Å². The molecule has 10 rings (SSSR count). The molecule has 70 heavy (non-hydrogen) atoms. The first-order valence-electron chi connectivity index (χ1n) is 21.7. The Labute approximate surface area is 413 Å². The molecule has 356 valence electrons. The number of aromatic nitrogens is 8. The fraction of sp³-hybridized carbons (Fsp3) is 0.167. The van der Waals surface area contributed by atoms with Gasteiger partial charge in [-0.2, -0.15) is 10.2 Å². The highest BCUT2D eigenvalue weighted by Crippen LogP contribution is 2.39. The molecular formula is C48H40Cl3F3N14O2. The molecule has 4 amide bonds. The van der Waals surface area contributed by atoms with Gasteiger partial charge in [0.05, 0.1) is 43.5 Å². The quantitative estimate of drug-likeness (QED) is 0.134. The molecule has 0 bridgehead atoms. The van der Waals surface area contributed by atoms with Crippen molar-refractivity contribution in [3.63, 3.8) is 0 Å². The second kappa shape index (κ2) is 19.7. The van der Waals surface area contributed by atoms with Gasteiger partial charge in [0.1, 0.15) is 28.8 Å². The van der Waals surface area contributed by atoms with Crippen LogP contribution in [0, 0.1) is 17.5 Å². The highest BCUT2D eigenvalue weighted by Gasteiger charge is 2.35. The lowest BCUT2D eigenvalue weighted by molar-refractivity contribution is 0.255. The molecule has 4 aromatic heterocycles. The zero-order valence-electron chi connectivity index (χ0n) is 37.2. The Morgan fingerprint density at radius 3 is 1.50 bits per heavy atom. The van der Waals surface area contributed by atoms with Crippen LogP contribution in [0.1, 0.15) is 13.8 Å². The average Bonchev–Trinajstić information content (AvgIpc) is 4.16. The molecule has 2 aliphatic rings. The molecule has 0 unspecified atom stereocenters. The SMILES string of the molecule is CCn1cc(-c2ccc(F)c(N3CCN(c4ccc(Cl)c(Cl)c4)C3=O)c2)c(-c2ccnc(N)n2)n1.CCn1cc(-c2ccc(F)c(N3CCN(c4ccc(F)cc4Cl)C3=O)c2)c(-c2ccnc(N)n2)n1. The van der Waals surface area contributed by atoms with Crippen molar-refractivity contribution in [1.82, 2.24) is 39.5 Å². The van der Waals surface area contributed by atoms with Crippen LogP contribution >= 0.6 is 34.8 Å². The highest BCUT2D eigenvalue weighted by molar-refractivity contribution is 6.42. The third-order valence-corrected chi connectivity index (χ3v) is 12.6. The van der Waals surface area contributed by atoms with E-state index in [1.54, 1.807) is 81.3 Å². The molecule has 6 heterocycles. The lowest BCUT2D eigenvalue weighted by Gasteiger charge is -2.20. The summed E-state index contributed by atoms with van der Waals surface area (Å²) in [4.78, 5) is 48.6. The summed E-state index contributed by atoms with van der Waals surface area (Å²) >= 11 is 18.3. The monoisotopic (exact) mass is 1010 g/mol. The number of hydrogen-bond acceptors (Lipinski definition) is 10. The van der Waals surface area contributed by atoms with Crippen LogP contribution < -0.4 is 31.1 Å². The van der Waals surface area contributed by atoms with Gasteiger partial charge in [-0.15, -0.1) is 0 Å². The molecule has 8 aromatic rings. The van der Waals surface area contributed by atoms with Crippen LogP contribution in [0.15, 0.2) is 110 Å². The van der Waals surface area contributed by atoms with Crippen molar-refractivity contribution >= 4 is 81.5 Å². The number of carbonyl (C=O) groups excluding carboxylic acids is 2. The van der Waals surface area contributed by atoms with Crippen LogP contribution in [0.2, 0.25) is 15.1 Å². The van der Waals surface area contributed by atoms with Gasteiger partial charge in [-0.25, -0.2) is 42.7 Å². The zero-order valence-corrected chi connectivity index (χ0v) is 39.5. The molecule has 2 aliphatic heterocycles. The van der Waals surface area contributed by atoms with E-state index in [9.17, 15) is 22.8 Å². The van der Waals surface area contributed by atoms with Gasteiger partial charge in [-0.1, -0.05) is 46.9 Å². The van der Waals surface area contributed by atoms with Crippen molar-refractivity contribution in [2.75, 3.05) is 57.2 Å². The van der Waals surface area contributed by atoms with E-state index in [4.69, 9.17) is 46.3 Å². The summed E-state index contributed by atoms with van der Waals surface area (Å²) in [5.41, 5.74) is 17.8. The van der Waals surface area contributed by atoms with Crippen molar-refractivity contribution in [2.45, 2.75) is 26.9 Å². The van der Waals surface area contributed by atoms with Crippen molar-refractivity contribution in [2.24, 2.45) is 0 Å². The molecule has 2 fully saturated rings. The Balaban J connectivity index is 0.000000174. The summed E-state index contributed by atoms with van der Waals surface area (Å²) in [6.07, 6.45) is 6.79. The minimum Gasteiger partial charge on any atom is -0.368 e. The van der Waals surface area contributed by atoms with Crippen molar-refractivity contribution < 1.29 is 22.8 Å². The molecule has 0 aliphatic carbocycles. The molecular weight excluding hydrogens is 968 g/mol. The van der Waals surface area contributed by atoms with Gasteiger partial charge in [0.25, 0.3) is 0 Å². The minimum atomic E-state index is -0.551. The maximum Gasteiger partial charge on any atom is 0.329 e. The number of aryl methyl sites for hydroxylation is 2. The van der Waals surface area contributed by atoms with Crippen molar-refractivity contribution in [3.05, 3.63) is 142 Å². The Morgan fingerprint density at radius 2 is 1.03 bits per heavy atom. The Hall–Kier alpha value is -7.74. The van der Waals surface area contributed by atoms with Gasteiger partial charge in [0.2, 0.25) is 11.9 Å². The van der Waals surface area contributed by atoms with E-state index in [-0.39, 0.29) is 47.4 Å². The van der Waals surface area contributed by atoms with Gasteiger partial charge >= 0.3 is 12.1 Å². The second-order valence-electron chi connectivity index (χ2n) is 15.8. The van der Waals surface area contributed by atoms with Crippen LogP contribution in [0.3, 0.4) is 0 Å². The molecule has 4 aromatic carbocycles. The average molecular weight is 1010 g/mol. The minimum absolute atomic E-state index is 0.107. The lowest BCUT2D eigenvalue weighted by Crippen LogP contribution is -2.32. The number of halogens is 6. The summed E-state index contributed by atoms with van der Waals surface area (Å²) in [5.74, 6) is -1.32. The molecule has 0 spiro atoms. The molecule has 16 nitrogen and oxygen atoms in total. The number of nitrogen functional groups attached to an aromatic ring is 2. The fourth-order valence-corrected chi connectivity index (χ4v) is 8.65. The van der Waals surface area contributed by atoms with Crippen LogP contribution in [0.25, 0.3) is 45.0 Å². The van der Waals surface area contributed by atoms with E-state index < -0.39 is 23.5 Å². The van der Waals surface area contributed by atoms with Crippen LogP contribution in [-0.2, 0) is 13.1 Å². The van der Waals surface area contributed by atoms with E-state index in [2.05, 4.69) is 30.1 Å². The number of amides is 4. The number of anilines is 6. The van der Waals surface area contributed by atoms with Gasteiger partial charge in [0, 0.05) is 80.9 Å². The summed E-state index contributed by atoms with van der Waals surface area (Å²) < 4.78 is 46.9. The first-order chi connectivity index (χ1) is 33.7.